The number of hydrogen-bond donors (Lipinski definition) is 1. The fourth-order valence-electron chi connectivity index (χ4n) is 1.90. The molecule has 0 unspecified atom stereocenters. The second-order valence-corrected chi connectivity index (χ2v) is 4.34. The van der Waals surface area contributed by atoms with Gasteiger partial charge in [-0.2, -0.15) is 0 Å². The topological polar surface area (TPSA) is 105 Å². The first-order valence-electron chi connectivity index (χ1n) is 6.00. The monoisotopic (exact) mass is 266 g/mol. The number of carbonyl (C=O) groups excluding carboxylic acids is 2. The fraction of sp³-hybridized carbons (Fsp3) is 0.545. The number of aliphatic carboxylic acids is 1. The third kappa shape index (κ3) is 3.36. The van der Waals surface area contributed by atoms with Crippen LogP contribution in [0.25, 0.3) is 0 Å². The number of rotatable bonds is 5. The molecule has 0 aromatic carbocycles. The Morgan fingerprint density at radius 2 is 2.21 bits per heavy atom. The van der Waals surface area contributed by atoms with Gasteiger partial charge < -0.3 is 5.11 Å². The molecule has 0 saturated carbocycles. The summed E-state index contributed by atoms with van der Waals surface area (Å²) in [4.78, 5) is 34.8. The second-order valence-electron chi connectivity index (χ2n) is 4.34. The van der Waals surface area contributed by atoms with Crippen LogP contribution in [0.3, 0.4) is 0 Å². The Bertz CT molecular complexity index is 511. The van der Waals surface area contributed by atoms with Gasteiger partial charge in [-0.3, -0.25) is 19.3 Å². The maximum atomic E-state index is 11.8. The lowest BCUT2D eigenvalue weighted by atomic mass is 10.2. The van der Waals surface area contributed by atoms with Crippen LogP contribution in [-0.4, -0.2) is 49.3 Å². The molecule has 0 bridgehead atoms. The van der Waals surface area contributed by atoms with Gasteiger partial charge in [-0.05, 0) is 6.42 Å². The summed E-state index contributed by atoms with van der Waals surface area (Å²) < 4.78 is 1.32. The maximum absolute atomic E-state index is 11.8. The highest BCUT2D eigenvalue weighted by atomic mass is 16.4. The predicted octanol–water partition coefficient (Wildman–Crippen LogP) is -0.556. The molecule has 0 spiro atoms. The average molecular weight is 266 g/mol. The van der Waals surface area contributed by atoms with Crippen LogP contribution in [0.2, 0.25) is 0 Å². The van der Waals surface area contributed by atoms with E-state index in [1.54, 1.807) is 0 Å². The van der Waals surface area contributed by atoms with Gasteiger partial charge in [0, 0.05) is 25.6 Å². The van der Waals surface area contributed by atoms with E-state index in [1.165, 1.54) is 15.8 Å². The number of aryl methyl sites for hydroxylation is 1. The van der Waals surface area contributed by atoms with Crippen LogP contribution < -0.4 is 0 Å². The third-order valence-electron chi connectivity index (χ3n) is 2.85. The Hall–Kier alpha value is -2.25. The predicted molar refractivity (Wildman–Crippen MR) is 61.9 cm³/mol. The third-order valence-corrected chi connectivity index (χ3v) is 2.85. The molecule has 8 nitrogen and oxygen atoms in total. The van der Waals surface area contributed by atoms with Gasteiger partial charge in [0.15, 0.2) is 0 Å². The highest BCUT2D eigenvalue weighted by molar-refractivity contribution is 5.96. The molecule has 1 aliphatic rings. The van der Waals surface area contributed by atoms with Crippen molar-refractivity contribution in [2.75, 3.05) is 6.54 Å². The van der Waals surface area contributed by atoms with Gasteiger partial charge >= 0.3 is 5.97 Å². The molecule has 1 saturated heterocycles. The molecule has 2 rings (SSSR count). The zero-order valence-electron chi connectivity index (χ0n) is 10.3. The Kier molecular flexibility index (Phi) is 3.88. The van der Waals surface area contributed by atoms with Crippen molar-refractivity contribution in [3.05, 3.63) is 11.9 Å². The molecule has 2 amide bonds. The van der Waals surface area contributed by atoms with Crippen molar-refractivity contribution >= 4 is 17.8 Å². The van der Waals surface area contributed by atoms with E-state index in [1.807, 2.05) is 0 Å². The fourth-order valence-corrected chi connectivity index (χ4v) is 1.90. The molecular formula is C11H14N4O4. The first kappa shape index (κ1) is 13.2. The summed E-state index contributed by atoms with van der Waals surface area (Å²) in [5, 5.41) is 16.1. The minimum absolute atomic E-state index is 0.0305. The zero-order valence-corrected chi connectivity index (χ0v) is 10.3. The van der Waals surface area contributed by atoms with Crippen molar-refractivity contribution in [1.29, 1.82) is 0 Å². The van der Waals surface area contributed by atoms with Crippen molar-refractivity contribution in [3.8, 4) is 0 Å². The van der Waals surface area contributed by atoms with Crippen LogP contribution in [0.1, 0.15) is 25.0 Å². The van der Waals surface area contributed by atoms with E-state index in [9.17, 15) is 14.4 Å². The first-order valence-corrected chi connectivity index (χ1v) is 6.00. The number of nitrogens with zero attached hydrogens (tertiary/aromatic N) is 4. The van der Waals surface area contributed by atoms with Crippen LogP contribution in [0.4, 0.5) is 0 Å². The van der Waals surface area contributed by atoms with E-state index >= 15 is 0 Å². The molecule has 0 atom stereocenters. The summed E-state index contributed by atoms with van der Waals surface area (Å²) in [7, 11) is 0. The van der Waals surface area contributed by atoms with Gasteiger partial charge in [0.25, 0.3) is 5.91 Å². The normalized spacial score (nSPS) is 14.9. The number of carbonyl (C=O) groups is 3. The number of likely N-dealkylation sites (tertiary alicyclic amines) is 1. The Morgan fingerprint density at radius 3 is 2.84 bits per heavy atom. The Morgan fingerprint density at radius 1 is 1.42 bits per heavy atom. The Labute approximate surface area is 109 Å². The largest absolute Gasteiger partial charge is 0.481 e. The quantitative estimate of drug-likeness (QED) is 0.766. The van der Waals surface area contributed by atoms with Gasteiger partial charge in [0.2, 0.25) is 5.91 Å². The van der Waals surface area contributed by atoms with Crippen LogP contribution in [-0.2, 0) is 27.3 Å². The van der Waals surface area contributed by atoms with Crippen molar-refractivity contribution in [1.82, 2.24) is 19.9 Å². The summed E-state index contributed by atoms with van der Waals surface area (Å²) in [5.41, 5.74) is 0.517. The average Bonchev–Trinajstić information content (AvgIpc) is 2.95. The van der Waals surface area contributed by atoms with E-state index in [2.05, 4.69) is 10.3 Å². The lowest BCUT2D eigenvalue weighted by molar-refractivity contribution is -0.142. The molecule has 1 aliphatic heterocycles. The molecule has 1 fully saturated rings. The number of aromatic nitrogens is 3. The zero-order chi connectivity index (χ0) is 13.8. The lowest BCUT2D eigenvalue weighted by Gasteiger charge is -2.12. The molecule has 0 radical (unpaired) electrons. The van der Waals surface area contributed by atoms with Gasteiger partial charge in [0.1, 0.15) is 6.54 Å². The van der Waals surface area contributed by atoms with Crippen LogP contribution in [0, 0.1) is 0 Å². The molecule has 8 heteroatoms. The molecule has 0 aliphatic carbocycles. The van der Waals surface area contributed by atoms with Crippen LogP contribution in [0.15, 0.2) is 6.20 Å². The van der Waals surface area contributed by atoms with Gasteiger partial charge in [-0.1, -0.05) is 5.21 Å². The van der Waals surface area contributed by atoms with Crippen LogP contribution >= 0.6 is 0 Å². The maximum Gasteiger partial charge on any atom is 0.303 e. The van der Waals surface area contributed by atoms with Gasteiger partial charge in [-0.15, -0.1) is 5.10 Å². The van der Waals surface area contributed by atoms with Crippen LogP contribution in [0.5, 0.6) is 0 Å². The molecule has 2 heterocycles. The number of amides is 2. The molecule has 1 aromatic rings. The molecule has 1 N–H and O–H groups in total. The highest BCUT2D eigenvalue weighted by Gasteiger charge is 2.26. The number of carboxylic acids is 1. The molecule has 1 aromatic heterocycles. The summed E-state index contributed by atoms with van der Waals surface area (Å²) in [6.45, 7) is 0.407. The number of carboxylic acid groups (broad SMARTS) is 1. The summed E-state index contributed by atoms with van der Waals surface area (Å²) >= 11 is 0. The van der Waals surface area contributed by atoms with E-state index in [-0.39, 0.29) is 31.2 Å². The summed E-state index contributed by atoms with van der Waals surface area (Å²) in [5.74, 6) is -1.37. The van der Waals surface area contributed by atoms with Crippen molar-refractivity contribution in [3.63, 3.8) is 0 Å². The molecular weight excluding hydrogens is 252 g/mol. The number of imide groups is 1. The van der Waals surface area contributed by atoms with Crippen molar-refractivity contribution in [2.45, 2.75) is 32.2 Å². The lowest BCUT2D eigenvalue weighted by Crippen LogP contribution is -2.34. The van der Waals surface area contributed by atoms with E-state index < -0.39 is 5.97 Å². The smallest absolute Gasteiger partial charge is 0.303 e. The second kappa shape index (κ2) is 5.59. The number of hydrogen-bond acceptors (Lipinski definition) is 5. The van der Waals surface area contributed by atoms with Crippen molar-refractivity contribution in [2.24, 2.45) is 0 Å². The SMILES string of the molecule is O=C(O)CCc1cn(CC(=O)N2CCCC2=O)nn1. The van der Waals surface area contributed by atoms with E-state index in [4.69, 9.17) is 5.11 Å². The van der Waals surface area contributed by atoms with E-state index in [0.29, 0.717) is 25.1 Å². The molecule has 102 valence electrons. The Balaban J connectivity index is 1.90. The summed E-state index contributed by atoms with van der Waals surface area (Å²) in [6.07, 6.45) is 2.88. The van der Waals surface area contributed by atoms with E-state index in [0.717, 1.165) is 0 Å². The first-order chi connectivity index (χ1) is 9.06. The standard InChI is InChI=1S/C11H14N4O4/c16-9-2-1-5-15(9)10(17)7-14-6-8(12-13-14)3-4-11(18)19/h6H,1-5,7H2,(H,18,19). The minimum Gasteiger partial charge on any atom is -0.481 e. The minimum atomic E-state index is -0.909. The summed E-state index contributed by atoms with van der Waals surface area (Å²) in [6, 6.07) is 0. The van der Waals surface area contributed by atoms with Gasteiger partial charge in [-0.25, -0.2) is 4.68 Å². The highest BCUT2D eigenvalue weighted by Crippen LogP contribution is 2.10. The van der Waals surface area contributed by atoms with Crippen molar-refractivity contribution < 1.29 is 19.5 Å². The molecule has 19 heavy (non-hydrogen) atoms. The van der Waals surface area contributed by atoms with Gasteiger partial charge in [0.05, 0.1) is 12.1 Å².